The number of alkyl halides is 3. The molecule has 0 atom stereocenters. The Morgan fingerprint density at radius 1 is 0.939 bits per heavy atom. The number of nitrogens with one attached hydrogen (secondary N) is 2. The normalized spacial score (nSPS) is 11.9. The van der Waals surface area contributed by atoms with E-state index in [0.717, 1.165) is 0 Å². The van der Waals surface area contributed by atoms with Crippen molar-refractivity contribution in [2.45, 2.75) is 11.3 Å². The number of benzene rings is 3. The summed E-state index contributed by atoms with van der Waals surface area (Å²) < 4.78 is 68.5. The van der Waals surface area contributed by atoms with E-state index in [4.69, 9.17) is 11.6 Å². The summed E-state index contributed by atoms with van der Waals surface area (Å²) in [6.07, 6.45) is -3.17. The van der Waals surface area contributed by atoms with Gasteiger partial charge in [-0.1, -0.05) is 23.7 Å². The first-order chi connectivity index (χ1) is 15.6. The van der Waals surface area contributed by atoms with Crippen LogP contribution in [0.4, 0.5) is 18.9 Å². The van der Waals surface area contributed by atoms with Crippen molar-refractivity contribution in [3.8, 4) is 28.4 Å². The average Bonchev–Trinajstić information content (AvgIpc) is 3.24. The summed E-state index contributed by atoms with van der Waals surface area (Å²) in [5, 5.41) is 0.423. The van der Waals surface area contributed by atoms with Gasteiger partial charge in [-0.05, 0) is 60.7 Å². The summed E-state index contributed by atoms with van der Waals surface area (Å²) >= 11 is 5.81. The Labute approximate surface area is 192 Å². The number of ether oxygens (including phenoxy) is 1. The van der Waals surface area contributed by atoms with E-state index in [-0.39, 0.29) is 10.6 Å². The van der Waals surface area contributed by atoms with Crippen LogP contribution in [0.1, 0.15) is 0 Å². The SMILES string of the molecule is O=S(=O)(Nc1cccc(-c2nc(-c3ccc(OC(F)(F)F)cc3)c[nH]2)c1)c1ccc(Cl)cc1. The minimum atomic E-state index is -4.76. The summed E-state index contributed by atoms with van der Waals surface area (Å²) in [7, 11) is -3.82. The summed E-state index contributed by atoms with van der Waals surface area (Å²) in [5.74, 6) is 0.121. The molecule has 0 saturated heterocycles. The summed E-state index contributed by atoms with van der Waals surface area (Å²) in [6, 6.07) is 17.7. The number of halogens is 4. The molecule has 1 aromatic heterocycles. The highest BCUT2D eigenvalue weighted by Gasteiger charge is 2.31. The first-order valence-electron chi connectivity index (χ1n) is 9.39. The minimum absolute atomic E-state index is 0.0653. The molecule has 33 heavy (non-hydrogen) atoms. The van der Waals surface area contributed by atoms with Crippen molar-refractivity contribution in [2.75, 3.05) is 4.72 Å². The smallest absolute Gasteiger partial charge is 0.406 e. The van der Waals surface area contributed by atoms with Crippen LogP contribution in [0.2, 0.25) is 5.02 Å². The van der Waals surface area contributed by atoms with Gasteiger partial charge in [-0.3, -0.25) is 4.72 Å². The Bertz CT molecular complexity index is 1370. The highest BCUT2D eigenvalue weighted by molar-refractivity contribution is 7.92. The maximum atomic E-state index is 12.6. The second-order valence-electron chi connectivity index (χ2n) is 6.85. The molecule has 0 aliphatic carbocycles. The van der Waals surface area contributed by atoms with E-state index in [9.17, 15) is 21.6 Å². The lowest BCUT2D eigenvalue weighted by Gasteiger charge is -2.09. The van der Waals surface area contributed by atoms with E-state index in [0.29, 0.717) is 33.4 Å². The largest absolute Gasteiger partial charge is 0.573 e. The van der Waals surface area contributed by atoms with E-state index < -0.39 is 16.4 Å². The lowest BCUT2D eigenvalue weighted by Crippen LogP contribution is -2.16. The number of aromatic amines is 1. The van der Waals surface area contributed by atoms with Crippen molar-refractivity contribution >= 4 is 27.3 Å². The lowest BCUT2D eigenvalue weighted by molar-refractivity contribution is -0.274. The Balaban J connectivity index is 1.53. The molecule has 170 valence electrons. The van der Waals surface area contributed by atoms with Gasteiger partial charge in [0.05, 0.1) is 10.6 Å². The summed E-state index contributed by atoms with van der Waals surface area (Å²) in [5.41, 5.74) is 2.01. The van der Waals surface area contributed by atoms with Crippen LogP contribution in [-0.2, 0) is 10.0 Å². The van der Waals surface area contributed by atoms with Gasteiger partial charge in [-0.15, -0.1) is 13.2 Å². The third kappa shape index (κ3) is 5.65. The van der Waals surface area contributed by atoms with E-state index in [1.807, 2.05) is 0 Å². The second kappa shape index (κ2) is 8.80. The Hall–Kier alpha value is -3.50. The Morgan fingerprint density at radius 2 is 1.64 bits per heavy atom. The molecule has 0 bridgehead atoms. The molecule has 4 rings (SSSR count). The van der Waals surface area contributed by atoms with Gasteiger partial charge in [0.15, 0.2) is 0 Å². The molecule has 0 spiro atoms. The number of H-pyrrole nitrogens is 1. The van der Waals surface area contributed by atoms with Gasteiger partial charge in [-0.25, -0.2) is 13.4 Å². The first kappa shape index (κ1) is 22.7. The Kier molecular flexibility index (Phi) is 6.05. The van der Waals surface area contributed by atoms with Gasteiger partial charge in [0.1, 0.15) is 11.6 Å². The third-order valence-corrected chi connectivity index (χ3v) is 6.12. The molecule has 0 saturated carbocycles. The Morgan fingerprint density at radius 3 is 2.30 bits per heavy atom. The fourth-order valence-corrected chi connectivity index (χ4v) is 4.18. The van der Waals surface area contributed by atoms with Gasteiger partial charge in [0.2, 0.25) is 0 Å². The first-order valence-corrected chi connectivity index (χ1v) is 11.3. The molecule has 0 unspecified atom stereocenters. The van der Waals surface area contributed by atoms with Crippen LogP contribution in [0.25, 0.3) is 22.6 Å². The van der Waals surface area contributed by atoms with Crippen molar-refractivity contribution < 1.29 is 26.3 Å². The second-order valence-corrected chi connectivity index (χ2v) is 8.97. The molecule has 0 fully saturated rings. The maximum Gasteiger partial charge on any atom is 0.573 e. The van der Waals surface area contributed by atoms with Gasteiger partial charge >= 0.3 is 6.36 Å². The van der Waals surface area contributed by atoms with Crippen molar-refractivity contribution in [2.24, 2.45) is 0 Å². The van der Waals surface area contributed by atoms with Crippen LogP contribution in [-0.4, -0.2) is 24.7 Å². The quantitative estimate of drug-likeness (QED) is 0.340. The van der Waals surface area contributed by atoms with Crippen molar-refractivity contribution in [1.82, 2.24) is 9.97 Å². The molecule has 11 heteroatoms. The van der Waals surface area contributed by atoms with Gasteiger partial charge in [0.25, 0.3) is 10.0 Å². The fourth-order valence-electron chi connectivity index (χ4n) is 3.00. The zero-order chi connectivity index (χ0) is 23.6. The molecular weight excluding hydrogens is 479 g/mol. The van der Waals surface area contributed by atoms with Crippen LogP contribution in [0, 0.1) is 0 Å². The molecule has 2 N–H and O–H groups in total. The van der Waals surface area contributed by atoms with Crippen LogP contribution in [0.15, 0.2) is 83.9 Å². The zero-order valence-corrected chi connectivity index (χ0v) is 18.2. The third-order valence-electron chi connectivity index (χ3n) is 4.47. The highest BCUT2D eigenvalue weighted by atomic mass is 35.5. The van der Waals surface area contributed by atoms with E-state index in [2.05, 4.69) is 19.4 Å². The molecule has 3 aromatic carbocycles. The molecule has 0 aliphatic rings. The van der Waals surface area contributed by atoms with Crippen molar-refractivity contribution in [1.29, 1.82) is 0 Å². The molecule has 1 heterocycles. The predicted octanol–water partition coefficient (Wildman–Crippen LogP) is 6.10. The van der Waals surface area contributed by atoms with Crippen LogP contribution in [0.5, 0.6) is 5.75 Å². The fraction of sp³-hybridized carbons (Fsp3) is 0.0455. The zero-order valence-electron chi connectivity index (χ0n) is 16.6. The van der Waals surface area contributed by atoms with Gasteiger partial charge in [0, 0.05) is 28.0 Å². The van der Waals surface area contributed by atoms with Crippen LogP contribution < -0.4 is 9.46 Å². The number of rotatable bonds is 6. The van der Waals surface area contributed by atoms with Gasteiger partial charge < -0.3 is 9.72 Å². The number of hydrogen-bond acceptors (Lipinski definition) is 4. The molecule has 6 nitrogen and oxygen atoms in total. The van der Waals surface area contributed by atoms with Crippen LogP contribution >= 0.6 is 11.6 Å². The number of aromatic nitrogens is 2. The van der Waals surface area contributed by atoms with Crippen molar-refractivity contribution in [3.05, 3.63) is 84.0 Å². The minimum Gasteiger partial charge on any atom is -0.406 e. The van der Waals surface area contributed by atoms with E-state index in [1.165, 1.54) is 48.5 Å². The predicted molar refractivity (Wildman–Crippen MR) is 118 cm³/mol. The molecule has 0 amide bonds. The van der Waals surface area contributed by atoms with Crippen molar-refractivity contribution in [3.63, 3.8) is 0 Å². The van der Waals surface area contributed by atoms with Gasteiger partial charge in [-0.2, -0.15) is 0 Å². The highest BCUT2D eigenvalue weighted by Crippen LogP contribution is 2.28. The standard InChI is InChI=1S/C22H15ClF3N3O3S/c23-16-6-10-19(11-7-16)33(30,31)29-17-3-1-2-15(12-17)21-27-13-20(28-21)14-4-8-18(9-5-14)32-22(24,25)26/h1-13,29H,(H,27,28). The molecule has 0 aliphatic heterocycles. The van der Waals surface area contributed by atoms with E-state index >= 15 is 0 Å². The molecule has 4 aromatic rings. The summed E-state index contributed by atoms with van der Waals surface area (Å²) in [4.78, 5) is 7.50. The lowest BCUT2D eigenvalue weighted by atomic mass is 10.1. The van der Waals surface area contributed by atoms with Crippen LogP contribution in [0.3, 0.4) is 0 Å². The molecular formula is C22H15ClF3N3O3S. The summed E-state index contributed by atoms with van der Waals surface area (Å²) in [6.45, 7) is 0. The topological polar surface area (TPSA) is 84.1 Å². The number of sulfonamides is 1. The number of anilines is 1. The van der Waals surface area contributed by atoms with E-state index in [1.54, 1.807) is 30.5 Å². The monoisotopic (exact) mass is 493 g/mol. The number of nitrogens with zero attached hydrogens (tertiary/aromatic N) is 1. The maximum absolute atomic E-state index is 12.6. The molecule has 0 radical (unpaired) electrons. The number of imidazole rings is 1. The average molecular weight is 494 g/mol. The number of hydrogen-bond donors (Lipinski definition) is 2.